The van der Waals surface area contributed by atoms with Gasteiger partial charge in [0.1, 0.15) is 5.60 Å². The molecule has 0 heterocycles. The minimum atomic E-state index is -0.385. The lowest BCUT2D eigenvalue weighted by molar-refractivity contribution is -0.154. The van der Waals surface area contributed by atoms with Crippen molar-refractivity contribution < 1.29 is 9.53 Å². The summed E-state index contributed by atoms with van der Waals surface area (Å²) in [7, 11) is 0. The van der Waals surface area contributed by atoms with Crippen LogP contribution in [0.15, 0.2) is 48.5 Å². The lowest BCUT2D eigenvalue weighted by atomic mass is 10.00. The fourth-order valence-corrected chi connectivity index (χ4v) is 3.06. The van der Waals surface area contributed by atoms with Gasteiger partial charge in [0.25, 0.3) is 0 Å². The zero-order valence-electron chi connectivity index (χ0n) is 17.0. The molecule has 0 atom stereocenters. The molecule has 0 aliphatic rings. The number of carbonyl (C=O) groups excluding carboxylic acids is 1. The molecule has 0 saturated heterocycles. The van der Waals surface area contributed by atoms with Gasteiger partial charge in [0.15, 0.2) is 0 Å². The SMILES string of the molecule is CC(C)(C)OC(=O)CCCCCc1ccc(-c2ccc(CCN)cc2)cc1. The summed E-state index contributed by atoms with van der Waals surface area (Å²) in [5.41, 5.74) is 10.3. The van der Waals surface area contributed by atoms with Crippen molar-refractivity contribution in [3.63, 3.8) is 0 Å². The van der Waals surface area contributed by atoms with Crippen LogP contribution in [0.1, 0.15) is 57.6 Å². The van der Waals surface area contributed by atoms with E-state index in [1.807, 2.05) is 20.8 Å². The van der Waals surface area contributed by atoms with E-state index in [2.05, 4.69) is 48.5 Å². The second-order valence-electron chi connectivity index (χ2n) is 8.08. The Morgan fingerprint density at radius 1 is 0.815 bits per heavy atom. The molecular weight excluding hydrogens is 334 g/mol. The number of carbonyl (C=O) groups is 1. The van der Waals surface area contributed by atoms with Crippen molar-refractivity contribution in [1.29, 1.82) is 0 Å². The number of hydrogen-bond donors (Lipinski definition) is 1. The Morgan fingerprint density at radius 3 is 1.81 bits per heavy atom. The minimum Gasteiger partial charge on any atom is -0.460 e. The molecule has 27 heavy (non-hydrogen) atoms. The fourth-order valence-electron chi connectivity index (χ4n) is 3.06. The Labute approximate surface area is 163 Å². The van der Waals surface area contributed by atoms with Crippen molar-refractivity contribution in [3.05, 3.63) is 59.7 Å². The standard InChI is InChI=1S/C24H33NO2/c1-24(2,3)27-23(26)8-6-4-5-7-19-9-13-21(14-10-19)22-15-11-20(12-16-22)17-18-25/h9-16H,4-8,17-18,25H2,1-3H3. The molecular formula is C24H33NO2. The van der Waals surface area contributed by atoms with Crippen LogP contribution in [0.4, 0.5) is 0 Å². The quantitative estimate of drug-likeness (QED) is 0.483. The van der Waals surface area contributed by atoms with Crippen LogP contribution < -0.4 is 5.73 Å². The molecule has 2 aromatic carbocycles. The predicted octanol–water partition coefficient (Wildman–Crippen LogP) is 5.30. The molecule has 3 heteroatoms. The minimum absolute atomic E-state index is 0.0932. The van der Waals surface area contributed by atoms with Crippen molar-refractivity contribution in [2.45, 2.75) is 64.9 Å². The number of aryl methyl sites for hydroxylation is 1. The number of rotatable bonds is 9. The molecule has 0 saturated carbocycles. The molecule has 0 fully saturated rings. The summed E-state index contributed by atoms with van der Waals surface area (Å²) in [6, 6.07) is 17.4. The fraction of sp³-hybridized carbons (Fsp3) is 0.458. The van der Waals surface area contributed by atoms with Crippen LogP contribution in [0.5, 0.6) is 0 Å². The van der Waals surface area contributed by atoms with Gasteiger partial charge in [0, 0.05) is 6.42 Å². The van der Waals surface area contributed by atoms with Gasteiger partial charge in [-0.25, -0.2) is 0 Å². The summed E-state index contributed by atoms with van der Waals surface area (Å²) in [5.74, 6) is -0.0932. The third-order valence-electron chi connectivity index (χ3n) is 4.44. The second-order valence-corrected chi connectivity index (χ2v) is 8.08. The van der Waals surface area contributed by atoms with E-state index < -0.39 is 0 Å². The van der Waals surface area contributed by atoms with Gasteiger partial charge in [-0.15, -0.1) is 0 Å². The van der Waals surface area contributed by atoms with Gasteiger partial charge in [-0.1, -0.05) is 55.0 Å². The summed E-state index contributed by atoms with van der Waals surface area (Å²) in [5, 5.41) is 0. The first-order valence-electron chi connectivity index (χ1n) is 9.97. The zero-order valence-corrected chi connectivity index (χ0v) is 17.0. The average Bonchev–Trinajstić information content (AvgIpc) is 2.61. The highest BCUT2D eigenvalue weighted by molar-refractivity contribution is 5.69. The van der Waals surface area contributed by atoms with E-state index in [-0.39, 0.29) is 11.6 Å². The summed E-state index contributed by atoms with van der Waals surface area (Å²) >= 11 is 0. The number of unbranched alkanes of at least 4 members (excludes halogenated alkanes) is 2. The molecule has 146 valence electrons. The van der Waals surface area contributed by atoms with E-state index in [0.717, 1.165) is 32.1 Å². The third-order valence-corrected chi connectivity index (χ3v) is 4.44. The van der Waals surface area contributed by atoms with Crippen LogP contribution in [0, 0.1) is 0 Å². The van der Waals surface area contributed by atoms with E-state index >= 15 is 0 Å². The number of benzene rings is 2. The van der Waals surface area contributed by atoms with Gasteiger partial charge in [0.05, 0.1) is 0 Å². The van der Waals surface area contributed by atoms with Gasteiger partial charge < -0.3 is 10.5 Å². The van der Waals surface area contributed by atoms with Crippen molar-refractivity contribution >= 4 is 5.97 Å². The van der Waals surface area contributed by atoms with E-state index in [4.69, 9.17) is 10.5 Å². The van der Waals surface area contributed by atoms with Crippen LogP contribution in [0.25, 0.3) is 11.1 Å². The highest BCUT2D eigenvalue weighted by Crippen LogP contribution is 2.21. The molecule has 2 rings (SSSR count). The summed E-state index contributed by atoms with van der Waals surface area (Å²) in [6.45, 7) is 6.40. The first-order chi connectivity index (χ1) is 12.9. The lowest BCUT2D eigenvalue weighted by Gasteiger charge is -2.19. The maximum Gasteiger partial charge on any atom is 0.306 e. The first kappa shape index (κ1) is 21.2. The van der Waals surface area contributed by atoms with Crippen molar-refractivity contribution in [2.24, 2.45) is 5.73 Å². The molecule has 0 aromatic heterocycles. The zero-order chi connectivity index (χ0) is 19.7. The summed E-state index contributed by atoms with van der Waals surface area (Å²) in [6.07, 6.45) is 5.51. The highest BCUT2D eigenvalue weighted by Gasteiger charge is 2.15. The van der Waals surface area contributed by atoms with E-state index in [1.54, 1.807) is 0 Å². The Bertz CT molecular complexity index is 697. The van der Waals surface area contributed by atoms with Gasteiger partial charge in [-0.3, -0.25) is 4.79 Å². The van der Waals surface area contributed by atoms with E-state index in [1.165, 1.54) is 22.3 Å². The van der Waals surface area contributed by atoms with E-state index in [0.29, 0.717) is 13.0 Å². The number of hydrogen-bond acceptors (Lipinski definition) is 3. The van der Waals surface area contributed by atoms with Crippen LogP contribution in [-0.4, -0.2) is 18.1 Å². The van der Waals surface area contributed by atoms with Gasteiger partial charge >= 0.3 is 5.97 Å². The van der Waals surface area contributed by atoms with Crippen molar-refractivity contribution in [1.82, 2.24) is 0 Å². The van der Waals surface area contributed by atoms with Gasteiger partial charge in [-0.2, -0.15) is 0 Å². The molecule has 0 aliphatic heterocycles. The van der Waals surface area contributed by atoms with Gasteiger partial charge in [-0.05, 0) is 75.3 Å². The maximum atomic E-state index is 11.7. The second kappa shape index (κ2) is 10.3. The van der Waals surface area contributed by atoms with Crippen LogP contribution >= 0.6 is 0 Å². The Kier molecular flexibility index (Phi) is 8.05. The molecule has 0 spiro atoms. The number of ether oxygens (including phenoxy) is 1. The Morgan fingerprint density at radius 2 is 1.33 bits per heavy atom. The van der Waals surface area contributed by atoms with Crippen LogP contribution in [0.2, 0.25) is 0 Å². The topological polar surface area (TPSA) is 52.3 Å². The molecule has 3 nitrogen and oxygen atoms in total. The average molecular weight is 368 g/mol. The number of esters is 1. The largest absolute Gasteiger partial charge is 0.460 e. The first-order valence-corrected chi connectivity index (χ1v) is 9.97. The van der Waals surface area contributed by atoms with Crippen LogP contribution in [0.3, 0.4) is 0 Å². The number of nitrogens with two attached hydrogens (primary N) is 1. The molecule has 2 N–H and O–H groups in total. The maximum absolute atomic E-state index is 11.7. The highest BCUT2D eigenvalue weighted by atomic mass is 16.6. The lowest BCUT2D eigenvalue weighted by Crippen LogP contribution is -2.23. The molecule has 2 aromatic rings. The summed E-state index contributed by atoms with van der Waals surface area (Å²) < 4.78 is 5.33. The molecule has 0 bridgehead atoms. The van der Waals surface area contributed by atoms with Crippen molar-refractivity contribution in [3.8, 4) is 11.1 Å². The van der Waals surface area contributed by atoms with E-state index in [9.17, 15) is 4.79 Å². The third kappa shape index (κ3) is 7.96. The van der Waals surface area contributed by atoms with Gasteiger partial charge in [0.2, 0.25) is 0 Å². The molecule has 0 aliphatic carbocycles. The van der Waals surface area contributed by atoms with Crippen molar-refractivity contribution in [2.75, 3.05) is 6.54 Å². The molecule has 0 amide bonds. The Balaban J connectivity index is 1.73. The smallest absolute Gasteiger partial charge is 0.306 e. The molecule has 0 radical (unpaired) electrons. The Hall–Kier alpha value is -2.13. The predicted molar refractivity (Wildman–Crippen MR) is 113 cm³/mol. The van der Waals surface area contributed by atoms with Crippen LogP contribution in [-0.2, 0) is 22.4 Å². The normalized spacial score (nSPS) is 11.4. The monoisotopic (exact) mass is 367 g/mol. The summed E-state index contributed by atoms with van der Waals surface area (Å²) in [4.78, 5) is 11.7. The molecule has 0 unspecified atom stereocenters.